The Bertz CT molecular complexity index is 358. The standard InChI is InChI=1S/C9H9NO2/c1-2-3-5-6(11)4-7-8(10)9(5)12-7/h2,4,11H,1,3,10H2. The SMILES string of the molecule is C=CCc1c(O)cc2c(N)c1O2. The highest BCUT2D eigenvalue weighted by Crippen LogP contribution is 2.51. The minimum absolute atomic E-state index is 0.236. The van der Waals surface area contributed by atoms with Gasteiger partial charge >= 0.3 is 0 Å². The molecule has 3 N–H and O–H groups in total. The highest BCUT2D eigenvalue weighted by Gasteiger charge is 2.26. The number of benzene rings is 1. The van der Waals surface area contributed by atoms with Gasteiger partial charge in [0.15, 0.2) is 11.5 Å². The Balaban J connectivity index is 2.54. The number of nitrogen functional groups attached to an aromatic ring is 1. The van der Waals surface area contributed by atoms with Crippen molar-refractivity contribution >= 4 is 5.69 Å². The van der Waals surface area contributed by atoms with E-state index >= 15 is 0 Å². The molecule has 0 saturated carbocycles. The second-order valence-corrected chi connectivity index (χ2v) is 2.71. The van der Waals surface area contributed by atoms with E-state index in [1.54, 1.807) is 6.08 Å². The van der Waals surface area contributed by atoms with E-state index in [9.17, 15) is 5.11 Å². The molecule has 0 unspecified atom stereocenters. The van der Waals surface area contributed by atoms with Crippen LogP contribution < -0.4 is 10.5 Å². The molecule has 1 aromatic carbocycles. The molecule has 2 bridgehead atoms. The van der Waals surface area contributed by atoms with Gasteiger partial charge in [-0.05, 0) is 6.42 Å². The first-order valence-electron chi connectivity index (χ1n) is 3.67. The molecule has 0 aliphatic carbocycles. The molecule has 12 heavy (non-hydrogen) atoms. The van der Waals surface area contributed by atoms with Gasteiger partial charge in [0.2, 0.25) is 0 Å². The molecule has 0 atom stereocenters. The number of fused-ring (bicyclic) bond motifs is 2. The van der Waals surface area contributed by atoms with Gasteiger partial charge in [0.1, 0.15) is 11.4 Å². The van der Waals surface area contributed by atoms with Crippen molar-refractivity contribution < 1.29 is 9.84 Å². The number of anilines is 1. The number of phenolic OH excluding ortho intramolecular Hbond substituents is 1. The third kappa shape index (κ3) is 0.704. The molecular formula is C9H9NO2. The van der Waals surface area contributed by atoms with E-state index in [2.05, 4.69) is 6.58 Å². The lowest BCUT2D eigenvalue weighted by Gasteiger charge is -2.24. The molecule has 3 heteroatoms. The number of nitrogens with two attached hydrogens (primary N) is 1. The second-order valence-electron chi connectivity index (χ2n) is 2.71. The summed E-state index contributed by atoms with van der Waals surface area (Å²) in [7, 11) is 0. The highest BCUT2D eigenvalue weighted by molar-refractivity contribution is 5.77. The Morgan fingerprint density at radius 2 is 2.42 bits per heavy atom. The molecule has 0 aromatic heterocycles. The number of hydrogen-bond acceptors (Lipinski definition) is 3. The maximum Gasteiger partial charge on any atom is 0.161 e. The fourth-order valence-corrected chi connectivity index (χ4v) is 1.29. The molecule has 3 rings (SSSR count). The van der Waals surface area contributed by atoms with Crippen molar-refractivity contribution in [2.45, 2.75) is 6.42 Å². The lowest BCUT2D eigenvalue weighted by molar-refractivity contribution is 0.407. The van der Waals surface area contributed by atoms with Gasteiger partial charge in [0.05, 0.1) is 0 Å². The van der Waals surface area contributed by atoms with Gasteiger partial charge in [-0.25, -0.2) is 0 Å². The average Bonchev–Trinajstić information content (AvgIpc) is 2.07. The summed E-state index contributed by atoms with van der Waals surface area (Å²) in [6.07, 6.45) is 2.28. The highest BCUT2D eigenvalue weighted by atomic mass is 16.5. The summed E-state index contributed by atoms with van der Waals surface area (Å²) in [6.45, 7) is 3.58. The minimum atomic E-state index is 0.236. The minimum Gasteiger partial charge on any atom is -0.507 e. The molecule has 2 heterocycles. The second kappa shape index (κ2) is 2.17. The molecule has 0 fully saturated rings. The van der Waals surface area contributed by atoms with Gasteiger partial charge in [-0.15, -0.1) is 6.58 Å². The maximum atomic E-state index is 9.40. The summed E-state index contributed by atoms with van der Waals surface area (Å²) < 4.78 is 5.17. The molecular weight excluding hydrogens is 154 g/mol. The molecule has 0 amide bonds. The van der Waals surface area contributed by atoms with E-state index in [1.807, 2.05) is 0 Å². The molecule has 0 spiro atoms. The predicted octanol–water partition coefficient (Wildman–Crippen LogP) is 1.81. The number of aromatic hydroxyl groups is 1. The van der Waals surface area contributed by atoms with Gasteiger partial charge in [0, 0.05) is 11.6 Å². The Morgan fingerprint density at radius 1 is 1.67 bits per heavy atom. The quantitative estimate of drug-likeness (QED) is 0.403. The molecule has 2 aliphatic heterocycles. The molecule has 0 saturated heterocycles. The van der Waals surface area contributed by atoms with E-state index < -0.39 is 0 Å². The van der Waals surface area contributed by atoms with Gasteiger partial charge < -0.3 is 15.6 Å². The van der Waals surface area contributed by atoms with E-state index in [4.69, 9.17) is 10.5 Å². The van der Waals surface area contributed by atoms with E-state index in [-0.39, 0.29) is 5.75 Å². The first-order valence-corrected chi connectivity index (χ1v) is 3.67. The van der Waals surface area contributed by atoms with Crippen LogP contribution in [0.15, 0.2) is 18.7 Å². The summed E-state index contributed by atoms with van der Waals surface area (Å²) in [5.41, 5.74) is 6.97. The lowest BCUT2D eigenvalue weighted by atomic mass is 10.0. The van der Waals surface area contributed by atoms with Crippen LogP contribution in [0.1, 0.15) is 5.56 Å². The van der Waals surface area contributed by atoms with Crippen LogP contribution in [0.25, 0.3) is 0 Å². The summed E-state index contributed by atoms with van der Waals surface area (Å²) in [5.74, 6) is 1.40. The topological polar surface area (TPSA) is 55.5 Å². The Kier molecular flexibility index (Phi) is 1.27. The van der Waals surface area contributed by atoms with Crippen LogP contribution in [0.5, 0.6) is 17.2 Å². The summed E-state index contributed by atoms with van der Waals surface area (Å²) in [6, 6.07) is 1.53. The van der Waals surface area contributed by atoms with Gasteiger partial charge in [0.25, 0.3) is 0 Å². The van der Waals surface area contributed by atoms with Gasteiger partial charge in [-0.1, -0.05) is 6.08 Å². The Labute approximate surface area is 70.1 Å². The first kappa shape index (κ1) is 7.03. The van der Waals surface area contributed by atoms with Crippen molar-refractivity contribution in [2.75, 3.05) is 5.73 Å². The normalized spacial score (nSPS) is 11.7. The molecule has 62 valence electrons. The van der Waals surface area contributed by atoms with Crippen LogP contribution in [0.2, 0.25) is 0 Å². The number of hydrogen-bond donors (Lipinski definition) is 2. The Morgan fingerprint density at radius 3 is 3.00 bits per heavy atom. The zero-order valence-electron chi connectivity index (χ0n) is 6.50. The predicted molar refractivity (Wildman–Crippen MR) is 46.5 cm³/mol. The van der Waals surface area contributed by atoms with Crippen molar-refractivity contribution in [3.63, 3.8) is 0 Å². The average molecular weight is 163 g/mol. The Hall–Kier alpha value is -1.64. The van der Waals surface area contributed by atoms with Crippen molar-refractivity contribution in [2.24, 2.45) is 0 Å². The van der Waals surface area contributed by atoms with Gasteiger partial charge in [-0.2, -0.15) is 0 Å². The number of rotatable bonds is 2. The van der Waals surface area contributed by atoms with Crippen LogP contribution in [-0.4, -0.2) is 5.11 Å². The largest absolute Gasteiger partial charge is 0.507 e. The van der Waals surface area contributed by atoms with Crippen LogP contribution in [0.3, 0.4) is 0 Å². The molecule has 2 aliphatic rings. The van der Waals surface area contributed by atoms with E-state index in [0.29, 0.717) is 23.6 Å². The zero-order chi connectivity index (χ0) is 8.72. The number of ether oxygens (including phenoxy) is 1. The summed E-state index contributed by atoms with van der Waals surface area (Å²) in [4.78, 5) is 0. The van der Waals surface area contributed by atoms with Crippen LogP contribution in [0.4, 0.5) is 5.69 Å². The zero-order valence-corrected chi connectivity index (χ0v) is 6.50. The fraction of sp³-hybridized carbons (Fsp3) is 0.111. The van der Waals surface area contributed by atoms with Gasteiger partial charge in [-0.3, -0.25) is 0 Å². The number of allylic oxidation sites excluding steroid dienone is 1. The monoisotopic (exact) mass is 163 g/mol. The molecule has 3 nitrogen and oxygen atoms in total. The molecule has 1 aromatic rings. The smallest absolute Gasteiger partial charge is 0.161 e. The maximum absolute atomic E-state index is 9.40. The van der Waals surface area contributed by atoms with Crippen LogP contribution >= 0.6 is 0 Å². The third-order valence-corrected chi connectivity index (χ3v) is 1.92. The summed E-state index contributed by atoms with van der Waals surface area (Å²) >= 11 is 0. The first-order chi connectivity index (χ1) is 5.74. The summed E-state index contributed by atoms with van der Waals surface area (Å²) in [5, 5.41) is 9.40. The van der Waals surface area contributed by atoms with Crippen molar-refractivity contribution in [1.82, 2.24) is 0 Å². The van der Waals surface area contributed by atoms with Crippen molar-refractivity contribution in [1.29, 1.82) is 0 Å². The van der Waals surface area contributed by atoms with Crippen molar-refractivity contribution in [3.8, 4) is 17.2 Å². The fourth-order valence-electron chi connectivity index (χ4n) is 1.29. The van der Waals surface area contributed by atoms with Crippen LogP contribution in [-0.2, 0) is 6.42 Å². The van der Waals surface area contributed by atoms with Crippen molar-refractivity contribution in [3.05, 3.63) is 24.3 Å². The number of phenols is 1. The van der Waals surface area contributed by atoms with E-state index in [0.717, 1.165) is 5.56 Å². The van der Waals surface area contributed by atoms with Crippen LogP contribution in [0, 0.1) is 0 Å². The molecule has 0 radical (unpaired) electrons. The third-order valence-electron chi connectivity index (χ3n) is 1.92. The van der Waals surface area contributed by atoms with E-state index in [1.165, 1.54) is 6.07 Å². The lowest BCUT2D eigenvalue weighted by Crippen LogP contribution is -2.07.